The van der Waals surface area contributed by atoms with Gasteiger partial charge in [0.05, 0.1) is 0 Å². The van der Waals surface area contributed by atoms with Gasteiger partial charge in [-0.2, -0.15) is 0 Å². The third kappa shape index (κ3) is 7.26. The topological polar surface area (TPSA) is 17.1 Å². The number of carbonyl (C=O) groups is 1. The number of ketones is 1. The van der Waals surface area contributed by atoms with Crippen LogP contribution in [-0.4, -0.2) is 5.78 Å². The predicted octanol–water partition coefficient (Wildman–Crippen LogP) is 3.12. The Kier molecular flexibility index (Phi) is 4.57. The van der Waals surface area contributed by atoms with E-state index < -0.39 is 0 Å². The molecular weight excluding hydrogens is 148 g/mol. The summed E-state index contributed by atoms with van der Waals surface area (Å²) >= 11 is 0. The molecule has 0 saturated heterocycles. The first kappa shape index (κ1) is 11.2. The van der Waals surface area contributed by atoms with Gasteiger partial charge < -0.3 is 0 Å². The summed E-state index contributed by atoms with van der Waals surface area (Å²) in [5, 5.41) is 0. The van der Waals surface area contributed by atoms with Crippen LogP contribution in [0, 0.1) is 5.41 Å². The largest absolute Gasteiger partial charge is 0.290 e. The Balaban J connectivity index is 4.01. The highest BCUT2D eigenvalue weighted by atomic mass is 16.1. The molecule has 0 aromatic carbocycles. The first-order chi connectivity index (χ1) is 5.45. The second-order valence-corrected chi connectivity index (χ2v) is 3.91. The van der Waals surface area contributed by atoms with Gasteiger partial charge in [-0.25, -0.2) is 0 Å². The molecule has 1 heteroatoms. The summed E-state index contributed by atoms with van der Waals surface area (Å²) in [6.07, 6.45) is 7.95. The van der Waals surface area contributed by atoms with Crippen molar-refractivity contribution < 1.29 is 4.79 Å². The molecule has 1 nitrogen and oxygen atoms in total. The fourth-order valence-corrected chi connectivity index (χ4v) is 0.622. The zero-order valence-corrected chi connectivity index (χ0v) is 8.42. The maximum atomic E-state index is 11.1. The van der Waals surface area contributed by atoms with Crippen molar-refractivity contribution in [3.05, 3.63) is 24.3 Å². The molecule has 0 spiro atoms. The summed E-state index contributed by atoms with van der Waals surface area (Å²) < 4.78 is 0. The molecule has 0 saturated carbocycles. The lowest BCUT2D eigenvalue weighted by Gasteiger charge is -2.09. The van der Waals surface area contributed by atoms with Gasteiger partial charge in [-0.1, -0.05) is 39.8 Å². The summed E-state index contributed by atoms with van der Waals surface area (Å²) in [6, 6.07) is 0. The Morgan fingerprint density at radius 3 is 2.25 bits per heavy atom. The van der Waals surface area contributed by atoms with Gasteiger partial charge in [-0.15, -0.1) is 0 Å². The molecule has 0 unspecified atom stereocenters. The van der Waals surface area contributed by atoms with E-state index >= 15 is 0 Å². The molecule has 12 heavy (non-hydrogen) atoms. The normalized spacial score (nSPS) is 13.0. The van der Waals surface area contributed by atoms with Crippen LogP contribution in [0.25, 0.3) is 0 Å². The van der Waals surface area contributed by atoms with Crippen molar-refractivity contribution in [3.8, 4) is 0 Å². The van der Waals surface area contributed by atoms with Crippen molar-refractivity contribution in [1.82, 2.24) is 0 Å². The zero-order chi connectivity index (χ0) is 9.61. The minimum absolute atomic E-state index is 0.0757. The number of hydrogen-bond acceptors (Lipinski definition) is 1. The van der Waals surface area contributed by atoms with Gasteiger partial charge in [0.25, 0.3) is 0 Å². The molecule has 0 aliphatic rings. The van der Waals surface area contributed by atoms with E-state index in [1.165, 1.54) is 0 Å². The van der Waals surface area contributed by atoms with Gasteiger partial charge in [-0.3, -0.25) is 4.79 Å². The van der Waals surface area contributed by atoms with Crippen LogP contribution >= 0.6 is 0 Å². The second kappa shape index (κ2) is 4.91. The van der Waals surface area contributed by atoms with Crippen LogP contribution in [0.15, 0.2) is 24.3 Å². The first-order valence-corrected chi connectivity index (χ1v) is 4.35. The first-order valence-electron chi connectivity index (χ1n) is 4.35. The molecule has 0 aliphatic heterocycles. The molecule has 0 N–H and O–H groups in total. The highest BCUT2D eigenvalue weighted by molar-refractivity contribution is 5.99. The monoisotopic (exact) mass is 166 g/mol. The molecule has 0 aromatic heterocycles. The Morgan fingerprint density at radius 1 is 1.25 bits per heavy atom. The lowest BCUT2D eigenvalue weighted by atomic mass is 9.96. The molecule has 0 atom stereocenters. The van der Waals surface area contributed by atoms with E-state index in [1.807, 2.05) is 19.1 Å². The average Bonchev–Trinajstić information content (AvgIpc) is 1.95. The molecule has 0 aromatic rings. The Hall–Kier alpha value is -0.850. The summed E-state index contributed by atoms with van der Waals surface area (Å²) in [6.45, 7) is 8.22. The van der Waals surface area contributed by atoms with Gasteiger partial charge in [0, 0.05) is 0 Å². The van der Waals surface area contributed by atoms with Gasteiger partial charge in [-0.05, 0) is 24.0 Å². The van der Waals surface area contributed by atoms with E-state index in [1.54, 1.807) is 12.2 Å². The number of carbonyl (C=O) groups excluding carboxylic acids is 1. The fourth-order valence-electron chi connectivity index (χ4n) is 0.622. The number of rotatable bonds is 3. The maximum Gasteiger partial charge on any atom is 0.178 e. The predicted molar refractivity (Wildman–Crippen MR) is 53.0 cm³/mol. The van der Waals surface area contributed by atoms with Crippen LogP contribution in [0.4, 0.5) is 0 Å². The third-order valence-corrected chi connectivity index (χ3v) is 1.27. The number of allylic oxidation sites excluding steroid dienone is 4. The average molecular weight is 166 g/mol. The van der Waals surface area contributed by atoms with Crippen LogP contribution in [-0.2, 0) is 4.79 Å². The Labute approximate surface area is 75.2 Å². The van der Waals surface area contributed by atoms with E-state index in [2.05, 4.69) is 20.8 Å². The van der Waals surface area contributed by atoms with Crippen molar-refractivity contribution in [1.29, 1.82) is 0 Å². The minimum atomic E-state index is 0.0757. The smallest absolute Gasteiger partial charge is 0.178 e. The van der Waals surface area contributed by atoms with Crippen LogP contribution in [0.2, 0.25) is 0 Å². The summed E-state index contributed by atoms with van der Waals surface area (Å²) in [5.41, 5.74) is 0.0930. The highest BCUT2D eigenvalue weighted by Crippen LogP contribution is 2.14. The van der Waals surface area contributed by atoms with Crippen LogP contribution in [0.1, 0.15) is 34.1 Å². The fraction of sp³-hybridized carbons (Fsp3) is 0.545. The van der Waals surface area contributed by atoms with Crippen LogP contribution < -0.4 is 0 Å². The van der Waals surface area contributed by atoms with E-state index in [-0.39, 0.29) is 11.2 Å². The van der Waals surface area contributed by atoms with E-state index in [4.69, 9.17) is 0 Å². The van der Waals surface area contributed by atoms with Gasteiger partial charge in [0.15, 0.2) is 5.78 Å². The summed E-state index contributed by atoms with van der Waals surface area (Å²) in [5.74, 6) is 0.0757. The lowest BCUT2D eigenvalue weighted by molar-refractivity contribution is -0.110. The lowest BCUT2D eigenvalue weighted by Crippen LogP contribution is -2.00. The van der Waals surface area contributed by atoms with Crippen LogP contribution in [0.3, 0.4) is 0 Å². The van der Waals surface area contributed by atoms with Gasteiger partial charge >= 0.3 is 0 Å². The van der Waals surface area contributed by atoms with Crippen LogP contribution in [0.5, 0.6) is 0 Å². The Bertz CT molecular complexity index is 192. The second-order valence-electron chi connectivity index (χ2n) is 3.91. The van der Waals surface area contributed by atoms with Crippen molar-refractivity contribution in [2.45, 2.75) is 34.1 Å². The molecule has 0 fully saturated rings. The molecule has 68 valence electrons. The van der Waals surface area contributed by atoms with Crippen molar-refractivity contribution in [2.75, 3.05) is 0 Å². The molecule has 0 radical (unpaired) electrons. The summed E-state index contributed by atoms with van der Waals surface area (Å²) in [4.78, 5) is 11.1. The van der Waals surface area contributed by atoms with E-state index in [0.717, 1.165) is 6.42 Å². The molecule has 0 bridgehead atoms. The molecular formula is C11H18O. The van der Waals surface area contributed by atoms with Crippen molar-refractivity contribution >= 4 is 5.78 Å². The number of hydrogen-bond donors (Lipinski definition) is 0. The molecule has 0 rings (SSSR count). The quantitative estimate of drug-likeness (QED) is 0.589. The van der Waals surface area contributed by atoms with Gasteiger partial charge in [0.2, 0.25) is 0 Å². The van der Waals surface area contributed by atoms with Crippen molar-refractivity contribution in [2.24, 2.45) is 5.41 Å². The molecule has 0 aliphatic carbocycles. The highest BCUT2D eigenvalue weighted by Gasteiger charge is 2.03. The Morgan fingerprint density at radius 2 is 1.83 bits per heavy atom. The van der Waals surface area contributed by atoms with Crippen molar-refractivity contribution in [3.63, 3.8) is 0 Å². The SMILES string of the molecule is CCC=CC(=O)C=CC(C)(C)C. The maximum absolute atomic E-state index is 11.1. The minimum Gasteiger partial charge on any atom is -0.290 e. The molecule has 0 heterocycles. The standard InChI is InChI=1S/C11H18O/c1-5-6-7-10(12)8-9-11(2,3)4/h6-9H,5H2,1-4H3. The van der Waals surface area contributed by atoms with E-state index in [0.29, 0.717) is 0 Å². The zero-order valence-electron chi connectivity index (χ0n) is 8.42. The third-order valence-electron chi connectivity index (χ3n) is 1.27. The van der Waals surface area contributed by atoms with E-state index in [9.17, 15) is 4.79 Å². The van der Waals surface area contributed by atoms with Gasteiger partial charge in [0.1, 0.15) is 0 Å². The summed E-state index contributed by atoms with van der Waals surface area (Å²) in [7, 11) is 0. The molecule has 0 amide bonds.